The Hall–Kier alpha value is -4.75. The van der Waals surface area contributed by atoms with Gasteiger partial charge in [-0.15, -0.1) is 5.10 Å². The lowest BCUT2D eigenvalue weighted by Gasteiger charge is -2.10. The molecule has 19 heteroatoms. The second-order valence-electron chi connectivity index (χ2n) is 36.1. The molecule has 19 nitrogen and oxygen atoms in total. The lowest BCUT2D eigenvalue weighted by atomic mass is 9.99. The van der Waals surface area contributed by atoms with Gasteiger partial charge >= 0.3 is 18.1 Å². The summed E-state index contributed by atoms with van der Waals surface area (Å²) >= 11 is 0. The van der Waals surface area contributed by atoms with Crippen molar-refractivity contribution in [3.05, 3.63) is 11.9 Å². The molecule has 0 fully saturated rings. The molecule has 0 aliphatic heterocycles. The van der Waals surface area contributed by atoms with Crippen molar-refractivity contribution in [1.29, 1.82) is 0 Å². The molecule has 0 atom stereocenters. The van der Waals surface area contributed by atoms with Gasteiger partial charge in [0.05, 0.1) is 42.3 Å². The molecule has 0 bridgehead atoms. The van der Waals surface area contributed by atoms with Gasteiger partial charge in [0, 0.05) is 101 Å². The maximum atomic E-state index is 11.1. The maximum absolute atomic E-state index is 11.1. The van der Waals surface area contributed by atoms with Crippen molar-refractivity contribution in [2.75, 3.05) is 13.2 Å². The topological polar surface area (TPSA) is 252 Å². The van der Waals surface area contributed by atoms with Crippen LogP contribution in [-0.4, -0.2) is 130 Å². The molecule has 1 heterocycles. The van der Waals surface area contributed by atoms with Gasteiger partial charge in [0.2, 0.25) is 0 Å². The number of hydrogen-bond acceptors (Lipinski definition) is 18. The van der Waals surface area contributed by atoms with Gasteiger partial charge in [0.1, 0.15) is 36.3 Å². The number of aromatic nitrogens is 3. The third-order valence-corrected chi connectivity index (χ3v) is 12.4. The van der Waals surface area contributed by atoms with Gasteiger partial charge in [0.15, 0.2) is 11.6 Å². The summed E-state index contributed by atoms with van der Waals surface area (Å²) < 4.78 is 31.4. The minimum atomic E-state index is -0.593. The number of nitrogens with zero attached hydrogens (tertiary/aromatic N) is 3. The third-order valence-electron chi connectivity index (χ3n) is 12.4. The second-order valence-corrected chi connectivity index (χ2v) is 36.1. The first-order chi connectivity index (χ1) is 49.4. The first-order valence-electron chi connectivity index (χ1n) is 41.7. The van der Waals surface area contributed by atoms with Crippen molar-refractivity contribution < 1.29 is 71.6 Å². The molecule has 1 aromatic heterocycles. The standard InChI is InChI=1S/2C9H18O2.3C9H18O.C8H15N3.2C8H16O2.C8H16O.C7H14O3.C6H15N/c2*1-7(2)5-9(10)6-11-8(3)4;3*1-7(2)5-9(10)6-8(3)4;1-6(2)8-5-11(7(3)4)10-9-8;2*1-6(2)5-8(9)10-7(3)4;1-6(2)5-8(9)7(3)4;1-5(2)9-7(8)10-6(3)4;1-5(2)7-6(3)4/h2*7-8H,5-6H2,1-4H3;3*7-8H,5-6H2,1-4H3;5-7H,1-4H3;2*6-7H,5H2,1-4H3;6-7H,5H2,1-4H3;5-6H,1-4H3;5-7H,1-4H3. The average Bonchev–Trinajstić information content (AvgIpc) is 1.75. The van der Waals surface area contributed by atoms with Crippen LogP contribution in [0.3, 0.4) is 0 Å². The van der Waals surface area contributed by atoms with E-state index in [1.54, 1.807) is 27.7 Å². The molecule has 1 N–H and O–H groups in total. The van der Waals surface area contributed by atoms with Gasteiger partial charge in [0.25, 0.3) is 0 Å². The Morgan fingerprint density at radius 2 is 0.532 bits per heavy atom. The number of ketones is 6. The average molecular weight is 1560 g/mol. The zero-order valence-electron chi connectivity index (χ0n) is 79.4. The summed E-state index contributed by atoms with van der Waals surface area (Å²) in [4.78, 5) is 98.5. The fourth-order valence-corrected chi connectivity index (χ4v) is 8.34. The maximum Gasteiger partial charge on any atom is 0.508 e. The zero-order chi connectivity index (χ0) is 88.3. The lowest BCUT2D eigenvalue weighted by Crippen LogP contribution is -2.29. The summed E-state index contributed by atoms with van der Waals surface area (Å²) in [5, 5.41) is 11.4. The fraction of sp³-hybridized carbons (Fsp3) is 0.878. The van der Waals surface area contributed by atoms with E-state index < -0.39 is 6.16 Å². The number of rotatable bonds is 37. The Morgan fingerprint density at radius 3 is 0.670 bits per heavy atom. The number of esters is 2. The van der Waals surface area contributed by atoms with E-state index in [4.69, 9.17) is 28.4 Å². The van der Waals surface area contributed by atoms with E-state index in [9.17, 15) is 43.2 Å². The number of carbonyl (C=O) groups excluding carboxylic acids is 9. The van der Waals surface area contributed by atoms with Crippen molar-refractivity contribution in [2.45, 2.75) is 436 Å². The summed E-state index contributed by atoms with van der Waals surface area (Å²) in [5.41, 5.74) is 1.07. The molecule has 1 aromatic rings. The quantitative estimate of drug-likeness (QED) is 0.0480. The first-order valence-corrected chi connectivity index (χ1v) is 41.7. The second kappa shape index (κ2) is 78.5. The molecule has 0 amide bonds. The molecular formula is C90H182N4O15. The van der Waals surface area contributed by atoms with Crippen LogP contribution in [0.2, 0.25) is 0 Å². The van der Waals surface area contributed by atoms with Crippen molar-refractivity contribution >= 4 is 52.8 Å². The minimum Gasteiger partial charge on any atom is -0.463 e. The first kappa shape index (κ1) is 125. The van der Waals surface area contributed by atoms with Crippen molar-refractivity contribution in [1.82, 2.24) is 20.3 Å². The highest BCUT2D eigenvalue weighted by atomic mass is 16.7. The molecule has 0 aliphatic carbocycles. The molecule has 0 radical (unpaired) electrons. The van der Waals surface area contributed by atoms with Crippen LogP contribution in [0, 0.1) is 71.0 Å². The van der Waals surface area contributed by atoms with Crippen LogP contribution < -0.4 is 5.32 Å². The molecule has 0 aromatic carbocycles. The van der Waals surface area contributed by atoms with E-state index in [-0.39, 0.29) is 79.3 Å². The fourth-order valence-electron chi connectivity index (χ4n) is 8.34. The van der Waals surface area contributed by atoms with E-state index in [0.717, 1.165) is 50.6 Å². The number of ether oxygens (including phenoxy) is 6. The van der Waals surface area contributed by atoms with Crippen LogP contribution in [0.15, 0.2) is 6.20 Å². The molecule has 109 heavy (non-hydrogen) atoms. The summed E-state index contributed by atoms with van der Waals surface area (Å²) in [6.45, 7) is 89.0. The van der Waals surface area contributed by atoms with Gasteiger partial charge in [-0.1, -0.05) is 213 Å². The van der Waals surface area contributed by atoms with Crippen LogP contribution in [0.1, 0.15) is 393 Å². The predicted octanol–water partition coefficient (Wildman–Crippen LogP) is 23.6. The van der Waals surface area contributed by atoms with Gasteiger partial charge in [-0.3, -0.25) is 38.4 Å². The molecule has 0 saturated carbocycles. The molecule has 0 spiro atoms. The Bertz CT molecular complexity index is 1970. The van der Waals surface area contributed by atoms with Crippen LogP contribution >= 0.6 is 0 Å². The SMILES string of the molecule is CC(C)CC(=O)C(C)C.CC(C)CC(=O)CC(C)C.CC(C)CC(=O)CC(C)C.CC(C)CC(=O)CC(C)C.CC(C)CC(=O)COC(C)C.CC(C)CC(=O)COC(C)C.CC(C)CC(=O)OC(C)C.CC(C)CC(=O)OC(C)C.CC(C)NC(C)C.CC(C)OC(=O)OC(C)C.CC(C)c1cn(C(C)C)nn1. The summed E-state index contributed by atoms with van der Waals surface area (Å²) in [6.07, 6.45) is 9.10. The minimum absolute atomic E-state index is 0.0197. The Morgan fingerprint density at radius 1 is 0.303 bits per heavy atom. The monoisotopic (exact) mass is 1560 g/mol. The third kappa shape index (κ3) is 130. The van der Waals surface area contributed by atoms with Crippen molar-refractivity contribution in [2.24, 2.45) is 71.0 Å². The number of carbonyl (C=O) groups is 9. The molecule has 0 unspecified atom stereocenters. The Balaban J connectivity index is -0.000000124. The highest BCUT2D eigenvalue weighted by Crippen LogP contribution is 2.14. The van der Waals surface area contributed by atoms with Crippen LogP contribution in [0.5, 0.6) is 0 Å². The van der Waals surface area contributed by atoms with Gasteiger partial charge in [-0.25, -0.2) is 9.48 Å². The lowest BCUT2D eigenvalue weighted by molar-refractivity contribution is -0.149. The van der Waals surface area contributed by atoms with E-state index in [1.165, 1.54) is 0 Å². The molecular weight excluding hydrogens is 1380 g/mol. The van der Waals surface area contributed by atoms with Gasteiger partial charge in [-0.05, 0) is 168 Å². The zero-order valence-corrected chi connectivity index (χ0v) is 79.4. The Kier molecular flexibility index (Phi) is 90.1. The van der Waals surface area contributed by atoms with E-state index in [0.29, 0.717) is 138 Å². The van der Waals surface area contributed by atoms with Crippen molar-refractivity contribution in [3.63, 3.8) is 0 Å². The summed E-state index contributed by atoms with van der Waals surface area (Å²) in [7, 11) is 0. The smallest absolute Gasteiger partial charge is 0.463 e. The largest absolute Gasteiger partial charge is 0.508 e. The summed E-state index contributed by atoms with van der Waals surface area (Å²) in [5.74, 6) is 7.82. The normalized spacial score (nSPS) is 10.9. The van der Waals surface area contributed by atoms with Crippen LogP contribution in [-0.2, 0) is 66.8 Å². The van der Waals surface area contributed by atoms with E-state index in [2.05, 4.69) is 168 Å². The van der Waals surface area contributed by atoms with Gasteiger partial charge in [-0.2, -0.15) is 0 Å². The molecule has 1 rings (SSSR count). The van der Waals surface area contributed by atoms with E-state index >= 15 is 0 Å². The molecule has 0 saturated heterocycles. The predicted molar refractivity (Wildman–Crippen MR) is 459 cm³/mol. The highest BCUT2D eigenvalue weighted by Gasteiger charge is 2.14. The van der Waals surface area contributed by atoms with Crippen LogP contribution in [0.25, 0.3) is 0 Å². The van der Waals surface area contributed by atoms with Crippen LogP contribution in [0.4, 0.5) is 4.79 Å². The van der Waals surface area contributed by atoms with Gasteiger partial charge < -0.3 is 33.7 Å². The van der Waals surface area contributed by atoms with E-state index in [1.807, 2.05) is 136 Å². The number of Topliss-reactive ketones (excluding diaryl/α,β-unsaturated/α-hetero) is 6. The number of hydrogen-bond donors (Lipinski definition) is 1. The van der Waals surface area contributed by atoms with Crippen molar-refractivity contribution in [3.8, 4) is 0 Å². The highest BCUT2D eigenvalue weighted by molar-refractivity contribution is 5.81. The number of nitrogens with one attached hydrogen (secondary N) is 1. The Labute approximate surface area is 673 Å². The summed E-state index contributed by atoms with van der Waals surface area (Å²) in [6, 6.07) is 1.66. The molecule has 0 aliphatic rings. The molecule has 652 valence electrons.